The van der Waals surface area contributed by atoms with E-state index in [1.807, 2.05) is 30.3 Å². The van der Waals surface area contributed by atoms with Gasteiger partial charge < -0.3 is 9.80 Å². The number of benzene rings is 1. The van der Waals surface area contributed by atoms with Crippen molar-refractivity contribution in [2.75, 3.05) is 33.2 Å². The van der Waals surface area contributed by atoms with Crippen molar-refractivity contribution in [3.63, 3.8) is 0 Å². The molecule has 1 amide bonds. The van der Waals surface area contributed by atoms with Gasteiger partial charge in [-0.2, -0.15) is 5.26 Å². The van der Waals surface area contributed by atoms with Crippen molar-refractivity contribution in [3.05, 3.63) is 35.9 Å². The zero-order chi connectivity index (χ0) is 14.4. The van der Waals surface area contributed by atoms with Gasteiger partial charge in [0.05, 0.1) is 6.07 Å². The Morgan fingerprint density at radius 2 is 2.00 bits per heavy atom. The lowest BCUT2D eigenvalue weighted by atomic mass is 9.99. The first-order valence-corrected chi connectivity index (χ1v) is 7.14. The van der Waals surface area contributed by atoms with Crippen LogP contribution in [-0.4, -0.2) is 48.9 Å². The summed E-state index contributed by atoms with van der Waals surface area (Å²) in [6.07, 6.45) is 2.50. The normalized spacial score (nSPS) is 16.6. The number of likely N-dealkylation sites (tertiary alicyclic amines) is 1. The fourth-order valence-electron chi connectivity index (χ4n) is 2.55. The second-order valence-electron chi connectivity index (χ2n) is 5.28. The second-order valence-corrected chi connectivity index (χ2v) is 5.28. The van der Waals surface area contributed by atoms with Crippen LogP contribution in [0.2, 0.25) is 0 Å². The number of hydrogen-bond donors (Lipinski definition) is 0. The minimum absolute atomic E-state index is 0.113. The summed E-state index contributed by atoms with van der Waals surface area (Å²) in [6, 6.07) is 11.4. The SMILES string of the molecule is CN(CCN1CCCC1)C(=O)C(C#N)c1ccccc1. The Kier molecular flexibility index (Phi) is 5.14. The molecule has 0 bridgehead atoms. The maximum atomic E-state index is 12.4. The van der Waals surface area contributed by atoms with Gasteiger partial charge in [-0.05, 0) is 31.5 Å². The van der Waals surface area contributed by atoms with Crippen LogP contribution >= 0.6 is 0 Å². The largest absolute Gasteiger partial charge is 0.343 e. The summed E-state index contributed by atoms with van der Waals surface area (Å²) in [4.78, 5) is 16.4. The zero-order valence-electron chi connectivity index (χ0n) is 12.0. The Labute approximate surface area is 120 Å². The van der Waals surface area contributed by atoms with Crippen LogP contribution in [-0.2, 0) is 4.79 Å². The number of carbonyl (C=O) groups is 1. The fourth-order valence-corrected chi connectivity index (χ4v) is 2.55. The molecule has 1 aromatic rings. The molecule has 1 atom stereocenters. The number of nitriles is 1. The highest BCUT2D eigenvalue weighted by molar-refractivity contribution is 5.86. The molecule has 1 aliphatic heterocycles. The van der Waals surface area contributed by atoms with Crippen molar-refractivity contribution in [1.29, 1.82) is 5.26 Å². The molecule has 1 aromatic carbocycles. The Hall–Kier alpha value is -1.86. The van der Waals surface area contributed by atoms with Crippen LogP contribution in [0.5, 0.6) is 0 Å². The molecule has 1 saturated heterocycles. The van der Waals surface area contributed by atoms with Crippen molar-refractivity contribution in [2.24, 2.45) is 0 Å². The Bertz CT molecular complexity index is 474. The number of rotatable bonds is 5. The molecule has 0 saturated carbocycles. The van der Waals surface area contributed by atoms with Crippen LogP contribution in [0.4, 0.5) is 0 Å². The van der Waals surface area contributed by atoms with Crippen molar-refractivity contribution in [1.82, 2.24) is 9.80 Å². The summed E-state index contributed by atoms with van der Waals surface area (Å²) in [5.41, 5.74) is 0.771. The number of hydrogen-bond acceptors (Lipinski definition) is 3. The highest BCUT2D eigenvalue weighted by Crippen LogP contribution is 2.17. The topological polar surface area (TPSA) is 47.3 Å². The van der Waals surface area contributed by atoms with Crippen LogP contribution in [0.25, 0.3) is 0 Å². The summed E-state index contributed by atoms with van der Waals surface area (Å²) < 4.78 is 0. The minimum Gasteiger partial charge on any atom is -0.343 e. The first-order valence-electron chi connectivity index (χ1n) is 7.14. The molecule has 1 aliphatic rings. The molecule has 20 heavy (non-hydrogen) atoms. The van der Waals surface area contributed by atoms with E-state index < -0.39 is 5.92 Å². The van der Waals surface area contributed by atoms with Gasteiger partial charge >= 0.3 is 0 Å². The number of carbonyl (C=O) groups excluding carboxylic acids is 1. The average Bonchev–Trinajstić information content (AvgIpc) is 3.00. The van der Waals surface area contributed by atoms with E-state index in [0.717, 1.165) is 25.2 Å². The predicted molar refractivity (Wildman–Crippen MR) is 78.1 cm³/mol. The average molecular weight is 271 g/mol. The third-order valence-corrected chi connectivity index (χ3v) is 3.84. The molecule has 0 radical (unpaired) electrons. The van der Waals surface area contributed by atoms with Crippen molar-refractivity contribution in [3.8, 4) is 6.07 Å². The van der Waals surface area contributed by atoms with Crippen LogP contribution in [0, 0.1) is 11.3 Å². The van der Waals surface area contributed by atoms with Crippen LogP contribution in [0.1, 0.15) is 24.3 Å². The maximum Gasteiger partial charge on any atom is 0.244 e. The van der Waals surface area contributed by atoms with E-state index in [4.69, 9.17) is 0 Å². The minimum atomic E-state index is -0.695. The zero-order valence-corrected chi connectivity index (χ0v) is 12.0. The van der Waals surface area contributed by atoms with Gasteiger partial charge in [0.2, 0.25) is 5.91 Å². The molecule has 0 aromatic heterocycles. The van der Waals surface area contributed by atoms with E-state index in [2.05, 4.69) is 11.0 Å². The molecule has 4 nitrogen and oxygen atoms in total. The van der Waals surface area contributed by atoms with Gasteiger partial charge in [-0.3, -0.25) is 4.79 Å². The molecular formula is C16H21N3O. The van der Waals surface area contributed by atoms with E-state index >= 15 is 0 Å². The molecule has 4 heteroatoms. The van der Waals surface area contributed by atoms with Gasteiger partial charge in [0.15, 0.2) is 0 Å². The first kappa shape index (κ1) is 14.5. The van der Waals surface area contributed by atoms with Gasteiger partial charge in [-0.15, -0.1) is 0 Å². The van der Waals surface area contributed by atoms with Gasteiger partial charge in [-0.25, -0.2) is 0 Å². The molecule has 0 spiro atoms. The van der Waals surface area contributed by atoms with Crippen LogP contribution in [0.15, 0.2) is 30.3 Å². The van der Waals surface area contributed by atoms with Gasteiger partial charge in [0.25, 0.3) is 0 Å². The summed E-state index contributed by atoms with van der Waals surface area (Å²) >= 11 is 0. The molecule has 1 unspecified atom stereocenters. The van der Waals surface area contributed by atoms with Gasteiger partial charge in [0, 0.05) is 20.1 Å². The molecule has 1 heterocycles. The number of amides is 1. The summed E-state index contributed by atoms with van der Waals surface area (Å²) in [5, 5.41) is 9.27. The molecule has 1 fully saturated rings. The Balaban J connectivity index is 1.92. The quantitative estimate of drug-likeness (QED) is 0.821. The maximum absolute atomic E-state index is 12.4. The van der Waals surface area contributed by atoms with Crippen molar-refractivity contribution in [2.45, 2.75) is 18.8 Å². The summed E-state index contributed by atoms with van der Waals surface area (Å²) in [7, 11) is 1.78. The third-order valence-electron chi connectivity index (χ3n) is 3.84. The van der Waals surface area contributed by atoms with E-state index in [-0.39, 0.29) is 5.91 Å². The Morgan fingerprint density at radius 1 is 1.35 bits per heavy atom. The van der Waals surface area contributed by atoms with Crippen LogP contribution < -0.4 is 0 Å². The van der Waals surface area contributed by atoms with E-state index in [1.165, 1.54) is 12.8 Å². The second kappa shape index (κ2) is 7.06. The van der Waals surface area contributed by atoms with Gasteiger partial charge in [-0.1, -0.05) is 30.3 Å². The van der Waals surface area contributed by atoms with E-state index in [0.29, 0.717) is 6.54 Å². The van der Waals surface area contributed by atoms with E-state index in [9.17, 15) is 10.1 Å². The lowest BCUT2D eigenvalue weighted by Gasteiger charge is -2.23. The third kappa shape index (κ3) is 3.58. The number of nitrogens with zero attached hydrogens (tertiary/aromatic N) is 3. The predicted octanol–water partition coefficient (Wildman–Crippen LogP) is 1.85. The van der Waals surface area contributed by atoms with Crippen molar-refractivity contribution >= 4 is 5.91 Å². The monoisotopic (exact) mass is 271 g/mol. The fraction of sp³-hybridized carbons (Fsp3) is 0.500. The molecular weight excluding hydrogens is 250 g/mol. The van der Waals surface area contributed by atoms with Crippen LogP contribution in [0.3, 0.4) is 0 Å². The Morgan fingerprint density at radius 3 is 2.60 bits per heavy atom. The highest BCUT2D eigenvalue weighted by atomic mass is 16.2. The summed E-state index contributed by atoms with van der Waals surface area (Å²) in [6.45, 7) is 3.84. The molecule has 2 rings (SSSR count). The molecule has 0 aliphatic carbocycles. The van der Waals surface area contributed by atoms with E-state index in [1.54, 1.807) is 11.9 Å². The lowest BCUT2D eigenvalue weighted by Crippen LogP contribution is -2.37. The summed E-state index contributed by atoms with van der Waals surface area (Å²) in [5.74, 6) is -0.808. The molecule has 106 valence electrons. The van der Waals surface area contributed by atoms with Crippen molar-refractivity contribution < 1.29 is 4.79 Å². The first-order chi connectivity index (χ1) is 9.72. The highest BCUT2D eigenvalue weighted by Gasteiger charge is 2.24. The van der Waals surface area contributed by atoms with Gasteiger partial charge in [0.1, 0.15) is 5.92 Å². The molecule has 0 N–H and O–H groups in total. The number of likely N-dealkylation sites (N-methyl/N-ethyl adjacent to an activating group) is 1. The lowest BCUT2D eigenvalue weighted by molar-refractivity contribution is -0.130. The smallest absolute Gasteiger partial charge is 0.244 e. The standard InChI is InChI=1S/C16H21N3O/c1-18(11-12-19-9-5-6-10-19)16(20)15(13-17)14-7-3-2-4-8-14/h2-4,7-8,15H,5-6,9-12H2,1H3.